The molecule has 3 aromatic heterocycles. The van der Waals surface area contributed by atoms with Crippen molar-refractivity contribution in [2.24, 2.45) is 0 Å². The molecule has 4 rings (SSSR count). The van der Waals surface area contributed by atoms with Crippen molar-refractivity contribution < 1.29 is 4.39 Å². The molecule has 25 heavy (non-hydrogen) atoms. The number of nitrogens with zero attached hydrogens (tertiary/aromatic N) is 5. The Morgan fingerprint density at radius 1 is 1.24 bits per heavy atom. The molecule has 5 nitrogen and oxygen atoms in total. The van der Waals surface area contributed by atoms with E-state index in [0.29, 0.717) is 12.4 Å². The smallest absolute Gasteiger partial charge is 0.160 e. The number of hydrogen-bond acceptors (Lipinski definition) is 3. The van der Waals surface area contributed by atoms with Crippen molar-refractivity contribution in [3.05, 3.63) is 66.7 Å². The second kappa shape index (κ2) is 5.95. The van der Waals surface area contributed by atoms with E-state index in [0.717, 1.165) is 23.5 Å². The van der Waals surface area contributed by atoms with Crippen molar-refractivity contribution in [3.63, 3.8) is 0 Å². The maximum Gasteiger partial charge on any atom is 0.160 e. The summed E-state index contributed by atoms with van der Waals surface area (Å²) in [7, 11) is 0. The molecule has 0 amide bonds. The number of pyridine rings is 1. The normalized spacial score (nSPS) is 22.8. The van der Waals surface area contributed by atoms with Gasteiger partial charge >= 0.3 is 0 Å². The predicted octanol–water partition coefficient (Wildman–Crippen LogP) is 3.63. The van der Waals surface area contributed by atoms with Gasteiger partial charge in [0.25, 0.3) is 0 Å². The van der Waals surface area contributed by atoms with E-state index in [4.69, 9.17) is 4.98 Å². The van der Waals surface area contributed by atoms with Crippen LogP contribution in [0, 0.1) is 0 Å². The van der Waals surface area contributed by atoms with Gasteiger partial charge in [0.1, 0.15) is 22.8 Å². The van der Waals surface area contributed by atoms with Crippen molar-refractivity contribution in [3.8, 4) is 0 Å². The molecule has 6 heteroatoms. The average molecular weight is 337 g/mol. The molecule has 0 aliphatic heterocycles. The van der Waals surface area contributed by atoms with Crippen LogP contribution in [-0.2, 0) is 13.1 Å². The number of allylic oxidation sites excluding steroid dienone is 4. The Morgan fingerprint density at radius 3 is 2.92 bits per heavy atom. The van der Waals surface area contributed by atoms with Gasteiger partial charge in [-0.25, -0.2) is 19.3 Å². The summed E-state index contributed by atoms with van der Waals surface area (Å²) in [4.78, 5) is 13.6. The van der Waals surface area contributed by atoms with Gasteiger partial charge in [-0.15, -0.1) is 0 Å². The van der Waals surface area contributed by atoms with Gasteiger partial charge in [0, 0.05) is 25.1 Å². The van der Waals surface area contributed by atoms with Gasteiger partial charge in [-0.1, -0.05) is 18.2 Å². The van der Waals surface area contributed by atoms with E-state index in [-0.39, 0.29) is 0 Å². The van der Waals surface area contributed by atoms with Crippen LogP contribution in [0.5, 0.6) is 0 Å². The maximum atomic E-state index is 14.9. The van der Waals surface area contributed by atoms with E-state index in [2.05, 4.69) is 21.5 Å². The molecule has 0 bridgehead atoms. The fourth-order valence-corrected chi connectivity index (χ4v) is 3.39. The highest BCUT2D eigenvalue weighted by molar-refractivity contribution is 5.71. The highest BCUT2D eigenvalue weighted by Gasteiger charge is 2.35. The van der Waals surface area contributed by atoms with E-state index < -0.39 is 11.6 Å². The third-order valence-electron chi connectivity index (χ3n) is 4.68. The van der Waals surface area contributed by atoms with Crippen LogP contribution in [0.3, 0.4) is 0 Å². The Bertz CT molecular complexity index is 963. The molecule has 0 radical (unpaired) electrons. The van der Waals surface area contributed by atoms with Crippen LogP contribution in [0.1, 0.15) is 31.4 Å². The lowest BCUT2D eigenvalue weighted by Gasteiger charge is -2.27. The molecule has 2 unspecified atom stereocenters. The Labute approximate surface area is 145 Å². The van der Waals surface area contributed by atoms with Crippen LogP contribution < -0.4 is 0 Å². The first-order valence-electron chi connectivity index (χ1n) is 8.46. The number of aryl methyl sites for hydroxylation is 1. The summed E-state index contributed by atoms with van der Waals surface area (Å²) >= 11 is 0. The van der Waals surface area contributed by atoms with Crippen molar-refractivity contribution in [2.45, 2.75) is 38.5 Å². The molecule has 128 valence electrons. The molecular weight excluding hydrogens is 317 g/mol. The molecular formula is C19H20FN5. The maximum absolute atomic E-state index is 14.9. The van der Waals surface area contributed by atoms with Crippen molar-refractivity contribution in [2.75, 3.05) is 0 Å². The van der Waals surface area contributed by atoms with Gasteiger partial charge in [-0.3, -0.25) is 0 Å². The van der Waals surface area contributed by atoms with Gasteiger partial charge in [-0.2, -0.15) is 0 Å². The van der Waals surface area contributed by atoms with Crippen molar-refractivity contribution >= 4 is 11.2 Å². The summed E-state index contributed by atoms with van der Waals surface area (Å²) in [6.45, 7) is 4.97. The van der Waals surface area contributed by atoms with Gasteiger partial charge in [0.2, 0.25) is 0 Å². The minimum absolute atomic E-state index is 0.412. The Morgan fingerprint density at radius 2 is 2.12 bits per heavy atom. The molecule has 0 saturated heterocycles. The lowest BCUT2D eigenvalue weighted by atomic mass is 9.86. The fourth-order valence-electron chi connectivity index (χ4n) is 3.39. The lowest BCUT2D eigenvalue weighted by Crippen LogP contribution is -2.28. The first-order chi connectivity index (χ1) is 12.1. The van der Waals surface area contributed by atoms with Crippen LogP contribution >= 0.6 is 0 Å². The molecule has 0 spiro atoms. The molecule has 0 aromatic carbocycles. The SMILES string of the molecule is CCn1c(Cn2ccnc2C2C=CC=CC2(C)F)nc2cccnc21. The number of hydrogen-bond donors (Lipinski definition) is 0. The zero-order valence-electron chi connectivity index (χ0n) is 14.3. The first-order valence-corrected chi connectivity index (χ1v) is 8.46. The molecule has 3 aromatic rings. The van der Waals surface area contributed by atoms with Crippen molar-refractivity contribution in [1.29, 1.82) is 0 Å². The third-order valence-corrected chi connectivity index (χ3v) is 4.68. The number of fused-ring (bicyclic) bond motifs is 1. The molecule has 0 saturated carbocycles. The minimum atomic E-state index is -1.45. The first kappa shape index (κ1) is 15.7. The fraction of sp³-hybridized carbons (Fsp3) is 0.316. The van der Waals surface area contributed by atoms with Crippen molar-refractivity contribution in [1.82, 2.24) is 24.1 Å². The molecule has 1 aliphatic rings. The van der Waals surface area contributed by atoms with Crippen LogP contribution in [0.4, 0.5) is 4.39 Å². The van der Waals surface area contributed by atoms with E-state index >= 15 is 0 Å². The van der Waals surface area contributed by atoms with Crippen LogP contribution in [0.2, 0.25) is 0 Å². The molecule has 0 N–H and O–H groups in total. The van der Waals surface area contributed by atoms with E-state index in [1.807, 2.05) is 35.0 Å². The molecule has 2 atom stereocenters. The summed E-state index contributed by atoms with van der Waals surface area (Å²) < 4.78 is 19.0. The zero-order chi connectivity index (χ0) is 17.4. The van der Waals surface area contributed by atoms with Gasteiger partial charge in [-0.05, 0) is 32.1 Å². The molecule has 0 fully saturated rings. The number of rotatable bonds is 4. The lowest BCUT2D eigenvalue weighted by molar-refractivity contribution is 0.223. The number of halogens is 1. The Hall–Kier alpha value is -2.76. The Balaban J connectivity index is 1.73. The Kier molecular flexibility index (Phi) is 3.75. The summed E-state index contributed by atoms with van der Waals surface area (Å²) in [6.07, 6.45) is 12.4. The molecule has 1 aliphatic carbocycles. The highest BCUT2D eigenvalue weighted by atomic mass is 19.1. The van der Waals surface area contributed by atoms with Crippen LogP contribution in [0.15, 0.2) is 55.0 Å². The topological polar surface area (TPSA) is 48.5 Å². The zero-order valence-corrected chi connectivity index (χ0v) is 14.3. The monoisotopic (exact) mass is 337 g/mol. The quantitative estimate of drug-likeness (QED) is 0.730. The highest BCUT2D eigenvalue weighted by Crippen LogP contribution is 2.35. The van der Waals surface area contributed by atoms with Gasteiger partial charge < -0.3 is 9.13 Å². The average Bonchev–Trinajstić information content (AvgIpc) is 3.18. The third kappa shape index (κ3) is 2.67. The predicted molar refractivity (Wildman–Crippen MR) is 95.1 cm³/mol. The van der Waals surface area contributed by atoms with Crippen LogP contribution in [-0.4, -0.2) is 29.8 Å². The summed E-state index contributed by atoms with van der Waals surface area (Å²) in [6, 6.07) is 3.84. The number of alkyl halides is 1. The summed E-state index contributed by atoms with van der Waals surface area (Å²) in [5, 5.41) is 0. The van der Waals surface area contributed by atoms with E-state index in [9.17, 15) is 4.39 Å². The summed E-state index contributed by atoms with van der Waals surface area (Å²) in [5.74, 6) is 1.18. The minimum Gasteiger partial charge on any atom is -0.327 e. The van der Waals surface area contributed by atoms with E-state index in [1.165, 1.54) is 0 Å². The number of aromatic nitrogens is 5. The largest absolute Gasteiger partial charge is 0.327 e. The standard InChI is InChI=1S/C19H20FN5/c1-3-25-16(23-15-8-6-10-21-18(15)25)13-24-12-11-22-17(24)14-7-4-5-9-19(14,2)20/h4-12,14H,3,13H2,1-2H3. The number of imidazole rings is 2. The molecule has 3 heterocycles. The van der Waals surface area contributed by atoms with Gasteiger partial charge in [0.15, 0.2) is 5.65 Å². The second-order valence-corrected chi connectivity index (χ2v) is 6.40. The summed E-state index contributed by atoms with van der Waals surface area (Å²) in [5.41, 5.74) is 0.291. The van der Waals surface area contributed by atoms with Crippen LogP contribution in [0.25, 0.3) is 11.2 Å². The van der Waals surface area contributed by atoms with E-state index in [1.54, 1.807) is 31.5 Å². The van der Waals surface area contributed by atoms with Gasteiger partial charge in [0.05, 0.1) is 12.5 Å². The second-order valence-electron chi connectivity index (χ2n) is 6.40.